The van der Waals surface area contributed by atoms with E-state index >= 15 is 0 Å². The van der Waals surface area contributed by atoms with Gasteiger partial charge in [-0.05, 0) is 68.8 Å². The van der Waals surface area contributed by atoms with Gasteiger partial charge in [0.25, 0.3) is 0 Å². The number of pyridine rings is 1. The monoisotopic (exact) mass is 615 g/mol. The van der Waals surface area contributed by atoms with Crippen LogP contribution < -0.4 is 0 Å². The third-order valence-corrected chi connectivity index (χ3v) is 7.70. The quantitative estimate of drug-likeness (QED) is 0.124. The van der Waals surface area contributed by atoms with Crippen LogP contribution in [0.5, 0.6) is 0 Å². The zero-order valence-electron chi connectivity index (χ0n) is 19.7. The molecule has 1 nitrogen and oxygen atoms in total. The minimum absolute atomic E-state index is 0. The standard InChI is InChI=1S/C32H24N.Ir/c1-18-13-19(2)22-9-10-23-24-11-12-33-31-27-15-20-7-5-6-8-21(20)16-28(27)32(3,4)29(30(24)31)17-26(23)25(22)14-18;/h5-14,16-17H,1-4H3;/q-1;. The fourth-order valence-electron chi connectivity index (χ4n) is 6.06. The summed E-state index contributed by atoms with van der Waals surface area (Å²) in [6.07, 6.45) is 1.97. The van der Waals surface area contributed by atoms with Gasteiger partial charge in [0.15, 0.2) is 0 Å². The molecule has 1 aromatic heterocycles. The summed E-state index contributed by atoms with van der Waals surface area (Å²) < 4.78 is 0. The fourth-order valence-corrected chi connectivity index (χ4v) is 6.06. The summed E-state index contributed by atoms with van der Waals surface area (Å²) in [4.78, 5) is 4.92. The van der Waals surface area contributed by atoms with Crippen LogP contribution in [0.15, 0.2) is 72.9 Å². The van der Waals surface area contributed by atoms with Crippen molar-refractivity contribution in [1.29, 1.82) is 0 Å². The van der Waals surface area contributed by atoms with E-state index in [1.54, 1.807) is 0 Å². The number of nitrogens with zero attached hydrogens (tertiary/aromatic N) is 1. The molecule has 2 heteroatoms. The van der Waals surface area contributed by atoms with Crippen LogP contribution in [-0.2, 0) is 25.5 Å². The van der Waals surface area contributed by atoms with Crippen LogP contribution in [0.4, 0.5) is 0 Å². The summed E-state index contributed by atoms with van der Waals surface area (Å²) in [6, 6.07) is 28.5. The van der Waals surface area contributed by atoms with Crippen molar-refractivity contribution in [3.05, 3.63) is 101 Å². The van der Waals surface area contributed by atoms with E-state index in [1.807, 2.05) is 6.20 Å². The molecule has 0 saturated heterocycles. The number of rotatable bonds is 0. The van der Waals surface area contributed by atoms with Gasteiger partial charge in [-0.15, -0.1) is 23.6 Å². The normalized spacial score (nSPS) is 13.9. The minimum Gasteiger partial charge on any atom is -0.294 e. The Morgan fingerprint density at radius 2 is 1.50 bits per heavy atom. The summed E-state index contributed by atoms with van der Waals surface area (Å²) in [5, 5.41) is 10.3. The van der Waals surface area contributed by atoms with Crippen molar-refractivity contribution < 1.29 is 20.1 Å². The molecule has 0 amide bonds. The van der Waals surface area contributed by atoms with Gasteiger partial charge < -0.3 is 0 Å². The molecule has 0 spiro atoms. The average Bonchev–Trinajstić information content (AvgIpc) is 2.81. The van der Waals surface area contributed by atoms with E-state index in [4.69, 9.17) is 4.98 Å². The van der Waals surface area contributed by atoms with E-state index in [0.717, 1.165) is 16.6 Å². The average molecular weight is 615 g/mol. The summed E-state index contributed by atoms with van der Waals surface area (Å²) in [5.41, 5.74) is 7.36. The molecule has 0 bridgehead atoms. The first-order valence-corrected chi connectivity index (χ1v) is 11.7. The Labute approximate surface area is 213 Å². The van der Waals surface area contributed by atoms with Crippen molar-refractivity contribution in [2.45, 2.75) is 33.1 Å². The summed E-state index contributed by atoms with van der Waals surface area (Å²) in [5.74, 6) is 0. The number of hydrogen-bond donors (Lipinski definition) is 0. The molecule has 6 aromatic rings. The maximum absolute atomic E-state index is 4.92. The first kappa shape index (κ1) is 21.5. The van der Waals surface area contributed by atoms with Crippen molar-refractivity contribution in [3.63, 3.8) is 0 Å². The molecular formula is C32H24IrN-. The van der Waals surface area contributed by atoms with Crippen LogP contribution in [0.1, 0.15) is 36.1 Å². The van der Waals surface area contributed by atoms with Gasteiger partial charge in [0.2, 0.25) is 0 Å². The van der Waals surface area contributed by atoms with Crippen LogP contribution in [-0.4, -0.2) is 4.98 Å². The van der Waals surface area contributed by atoms with E-state index < -0.39 is 0 Å². The van der Waals surface area contributed by atoms with Gasteiger partial charge in [-0.3, -0.25) is 4.98 Å². The summed E-state index contributed by atoms with van der Waals surface area (Å²) in [7, 11) is 0. The zero-order valence-corrected chi connectivity index (χ0v) is 22.1. The molecule has 1 heterocycles. The molecule has 0 fully saturated rings. The van der Waals surface area contributed by atoms with Gasteiger partial charge in [0.05, 0.1) is 0 Å². The molecule has 0 saturated carbocycles. The predicted octanol–water partition coefficient (Wildman–Crippen LogP) is 8.42. The molecular weight excluding hydrogens is 591 g/mol. The summed E-state index contributed by atoms with van der Waals surface area (Å²) >= 11 is 0. The number of aromatic nitrogens is 1. The topological polar surface area (TPSA) is 12.9 Å². The van der Waals surface area contributed by atoms with E-state index in [-0.39, 0.29) is 25.5 Å². The van der Waals surface area contributed by atoms with Gasteiger partial charge >= 0.3 is 0 Å². The van der Waals surface area contributed by atoms with Crippen LogP contribution in [0, 0.1) is 19.9 Å². The second kappa shape index (κ2) is 7.22. The van der Waals surface area contributed by atoms with Gasteiger partial charge in [0.1, 0.15) is 0 Å². The third-order valence-electron chi connectivity index (χ3n) is 7.70. The van der Waals surface area contributed by atoms with E-state index in [2.05, 4.69) is 100 Å². The van der Waals surface area contributed by atoms with Crippen molar-refractivity contribution in [2.75, 3.05) is 0 Å². The van der Waals surface area contributed by atoms with Crippen LogP contribution in [0.25, 0.3) is 54.3 Å². The van der Waals surface area contributed by atoms with E-state index in [9.17, 15) is 0 Å². The van der Waals surface area contributed by atoms with Gasteiger partial charge in [-0.1, -0.05) is 84.5 Å². The number of benzene rings is 5. The Morgan fingerprint density at radius 3 is 2.35 bits per heavy atom. The molecule has 1 radical (unpaired) electrons. The summed E-state index contributed by atoms with van der Waals surface area (Å²) in [6.45, 7) is 9.12. The van der Waals surface area contributed by atoms with Crippen molar-refractivity contribution in [3.8, 4) is 11.3 Å². The van der Waals surface area contributed by atoms with Gasteiger partial charge in [-0.25, -0.2) is 0 Å². The molecule has 34 heavy (non-hydrogen) atoms. The molecule has 0 unspecified atom stereocenters. The Balaban J connectivity index is 0.00000217. The second-order valence-electron chi connectivity index (χ2n) is 10.1. The molecule has 0 atom stereocenters. The minimum atomic E-state index is -0.153. The Hall–Kier alpha value is -3.06. The second-order valence-corrected chi connectivity index (χ2v) is 10.1. The Kier molecular flexibility index (Phi) is 4.56. The number of fused-ring (bicyclic) bond motifs is 7. The number of aryl methyl sites for hydroxylation is 2. The third kappa shape index (κ3) is 2.73. The fraction of sp³-hybridized carbons (Fsp3) is 0.156. The molecule has 0 aliphatic heterocycles. The predicted molar refractivity (Wildman–Crippen MR) is 140 cm³/mol. The Bertz CT molecular complexity index is 1810. The maximum atomic E-state index is 4.92. The van der Waals surface area contributed by atoms with E-state index in [0.29, 0.717) is 0 Å². The van der Waals surface area contributed by atoms with Crippen LogP contribution in [0.3, 0.4) is 0 Å². The van der Waals surface area contributed by atoms with Crippen molar-refractivity contribution >= 4 is 43.1 Å². The van der Waals surface area contributed by atoms with Crippen molar-refractivity contribution in [1.82, 2.24) is 4.98 Å². The molecule has 167 valence electrons. The molecule has 1 aliphatic rings. The molecule has 5 aromatic carbocycles. The first-order valence-electron chi connectivity index (χ1n) is 11.7. The van der Waals surface area contributed by atoms with Crippen molar-refractivity contribution in [2.24, 2.45) is 0 Å². The van der Waals surface area contributed by atoms with Gasteiger partial charge in [0, 0.05) is 32.0 Å². The zero-order chi connectivity index (χ0) is 22.5. The van der Waals surface area contributed by atoms with Crippen LogP contribution >= 0.6 is 0 Å². The smallest absolute Gasteiger partial charge is 0.0189 e. The number of hydrogen-bond acceptors (Lipinski definition) is 1. The first-order chi connectivity index (χ1) is 15.9. The SMILES string of the molecule is Cc1cc(C)c2ccc3c4ccnc5c4c(cc3c2c1)C(C)(C)c1cc2ccccc2[c-]c1-5.[Ir]. The van der Waals surface area contributed by atoms with Gasteiger partial charge in [-0.2, -0.15) is 0 Å². The van der Waals surface area contributed by atoms with Crippen LogP contribution in [0.2, 0.25) is 0 Å². The molecule has 0 N–H and O–H groups in total. The molecule has 1 aliphatic carbocycles. The maximum Gasteiger partial charge on any atom is 0.0189 e. The largest absolute Gasteiger partial charge is 0.294 e. The Morgan fingerprint density at radius 1 is 0.735 bits per heavy atom. The molecule has 7 rings (SSSR count). The van der Waals surface area contributed by atoms with E-state index in [1.165, 1.54) is 60.0 Å².